The number of amides is 1. The van der Waals surface area contributed by atoms with Gasteiger partial charge in [0.05, 0.1) is 5.41 Å². The van der Waals surface area contributed by atoms with E-state index in [1.54, 1.807) is 0 Å². The second kappa shape index (κ2) is 6.29. The largest absolute Gasteiger partial charge is 0.480 e. The summed E-state index contributed by atoms with van der Waals surface area (Å²) in [6.45, 7) is 3.96. The molecule has 0 radical (unpaired) electrons. The van der Waals surface area contributed by atoms with Gasteiger partial charge in [-0.25, -0.2) is 0 Å². The van der Waals surface area contributed by atoms with Crippen molar-refractivity contribution in [1.82, 2.24) is 5.32 Å². The molecule has 1 aliphatic carbocycles. The second-order valence-corrected chi connectivity index (χ2v) is 6.14. The van der Waals surface area contributed by atoms with Crippen LogP contribution >= 0.6 is 0 Å². The van der Waals surface area contributed by atoms with Crippen molar-refractivity contribution in [3.8, 4) is 0 Å². The van der Waals surface area contributed by atoms with E-state index in [1.165, 1.54) is 5.56 Å². The Kier molecular flexibility index (Phi) is 4.66. The van der Waals surface area contributed by atoms with E-state index in [2.05, 4.69) is 31.3 Å². The molecule has 1 aliphatic rings. The van der Waals surface area contributed by atoms with Gasteiger partial charge in [-0.05, 0) is 29.9 Å². The Morgan fingerprint density at radius 3 is 2.24 bits per heavy atom. The normalized spacial score (nSPS) is 16.9. The quantitative estimate of drug-likeness (QED) is 0.876. The van der Waals surface area contributed by atoms with Gasteiger partial charge >= 0.3 is 5.97 Å². The SMILES string of the molecule is CC(C)c1ccc(C2(C(=O)NCC(=O)O)CCCC2)cc1. The van der Waals surface area contributed by atoms with Crippen LogP contribution in [0.25, 0.3) is 0 Å². The summed E-state index contributed by atoms with van der Waals surface area (Å²) in [5, 5.41) is 11.3. The zero-order valence-electron chi connectivity index (χ0n) is 12.7. The molecule has 21 heavy (non-hydrogen) atoms. The standard InChI is InChI=1S/C17H23NO3/c1-12(2)13-5-7-14(8-6-13)17(9-3-4-10-17)16(21)18-11-15(19)20/h5-8,12H,3-4,9-11H2,1-2H3,(H,18,21)(H,19,20). The predicted octanol–water partition coefficient (Wildman–Crippen LogP) is 2.82. The summed E-state index contributed by atoms with van der Waals surface area (Å²) in [7, 11) is 0. The molecule has 4 nitrogen and oxygen atoms in total. The molecule has 0 unspecified atom stereocenters. The van der Waals surface area contributed by atoms with E-state index < -0.39 is 11.4 Å². The van der Waals surface area contributed by atoms with E-state index in [4.69, 9.17) is 5.11 Å². The van der Waals surface area contributed by atoms with Crippen molar-refractivity contribution in [3.05, 3.63) is 35.4 Å². The molecule has 114 valence electrons. The van der Waals surface area contributed by atoms with Crippen LogP contribution in [0.3, 0.4) is 0 Å². The van der Waals surface area contributed by atoms with E-state index in [0.29, 0.717) is 5.92 Å². The number of rotatable bonds is 5. The molecular weight excluding hydrogens is 266 g/mol. The smallest absolute Gasteiger partial charge is 0.322 e. The van der Waals surface area contributed by atoms with Crippen molar-refractivity contribution in [3.63, 3.8) is 0 Å². The third kappa shape index (κ3) is 3.26. The molecule has 1 amide bonds. The average molecular weight is 289 g/mol. The summed E-state index contributed by atoms with van der Waals surface area (Å²) in [6.07, 6.45) is 3.60. The van der Waals surface area contributed by atoms with Crippen molar-refractivity contribution in [1.29, 1.82) is 0 Å². The van der Waals surface area contributed by atoms with Gasteiger partial charge in [-0.3, -0.25) is 9.59 Å². The molecule has 4 heteroatoms. The maximum absolute atomic E-state index is 12.5. The highest BCUT2D eigenvalue weighted by molar-refractivity contribution is 5.90. The molecule has 0 aliphatic heterocycles. The Morgan fingerprint density at radius 1 is 1.19 bits per heavy atom. The van der Waals surface area contributed by atoms with Crippen LogP contribution < -0.4 is 5.32 Å². The third-order valence-corrected chi connectivity index (χ3v) is 4.42. The minimum atomic E-state index is -1.01. The Bertz CT molecular complexity index is 513. The van der Waals surface area contributed by atoms with Gasteiger partial charge in [-0.15, -0.1) is 0 Å². The van der Waals surface area contributed by atoms with Crippen LogP contribution in [-0.2, 0) is 15.0 Å². The minimum Gasteiger partial charge on any atom is -0.480 e. The lowest BCUT2D eigenvalue weighted by Gasteiger charge is -2.28. The fourth-order valence-corrected chi connectivity index (χ4v) is 3.14. The van der Waals surface area contributed by atoms with E-state index >= 15 is 0 Å². The predicted molar refractivity (Wildman–Crippen MR) is 81.3 cm³/mol. The van der Waals surface area contributed by atoms with Crippen molar-refractivity contribution < 1.29 is 14.7 Å². The molecule has 0 aromatic heterocycles. The van der Waals surface area contributed by atoms with E-state index in [-0.39, 0.29) is 12.5 Å². The summed E-state index contributed by atoms with van der Waals surface area (Å²) in [5.74, 6) is -0.703. The van der Waals surface area contributed by atoms with Gasteiger partial charge in [0.1, 0.15) is 6.54 Å². The van der Waals surface area contributed by atoms with Crippen LogP contribution in [0.2, 0.25) is 0 Å². The lowest BCUT2D eigenvalue weighted by atomic mass is 9.77. The summed E-state index contributed by atoms with van der Waals surface area (Å²) in [5.41, 5.74) is 1.70. The van der Waals surface area contributed by atoms with Crippen molar-refractivity contribution in [2.75, 3.05) is 6.54 Å². The molecule has 1 fully saturated rings. The summed E-state index contributed by atoms with van der Waals surface area (Å²) in [4.78, 5) is 23.2. The highest BCUT2D eigenvalue weighted by atomic mass is 16.4. The van der Waals surface area contributed by atoms with Gasteiger partial charge in [0.2, 0.25) is 5.91 Å². The molecule has 0 spiro atoms. The number of hydrogen-bond donors (Lipinski definition) is 2. The van der Waals surface area contributed by atoms with Crippen LogP contribution in [0, 0.1) is 0 Å². The first-order chi connectivity index (χ1) is 9.95. The number of nitrogens with one attached hydrogen (secondary N) is 1. The second-order valence-electron chi connectivity index (χ2n) is 6.14. The lowest BCUT2D eigenvalue weighted by Crippen LogP contribution is -2.44. The summed E-state index contributed by atoms with van der Waals surface area (Å²) in [6, 6.07) is 8.21. The topological polar surface area (TPSA) is 66.4 Å². The first kappa shape index (κ1) is 15.5. The van der Waals surface area contributed by atoms with E-state index in [9.17, 15) is 9.59 Å². The molecule has 0 heterocycles. The number of carbonyl (C=O) groups excluding carboxylic acids is 1. The fourth-order valence-electron chi connectivity index (χ4n) is 3.14. The summed E-state index contributed by atoms with van der Waals surface area (Å²) >= 11 is 0. The van der Waals surface area contributed by atoms with Gasteiger partial charge in [0, 0.05) is 0 Å². The van der Waals surface area contributed by atoms with Crippen LogP contribution in [0.4, 0.5) is 0 Å². The Morgan fingerprint density at radius 2 is 1.76 bits per heavy atom. The van der Waals surface area contributed by atoms with E-state index in [1.807, 2.05) is 12.1 Å². The molecular formula is C17H23NO3. The molecule has 1 saturated carbocycles. The number of benzene rings is 1. The number of hydrogen-bond acceptors (Lipinski definition) is 2. The van der Waals surface area contributed by atoms with Crippen molar-refractivity contribution >= 4 is 11.9 Å². The van der Waals surface area contributed by atoms with Gasteiger partial charge in [0.15, 0.2) is 0 Å². The number of carboxylic acids is 1. The first-order valence-corrected chi connectivity index (χ1v) is 7.56. The zero-order chi connectivity index (χ0) is 15.5. The molecule has 0 saturated heterocycles. The molecule has 2 N–H and O–H groups in total. The van der Waals surface area contributed by atoms with Crippen LogP contribution in [0.1, 0.15) is 56.6 Å². The van der Waals surface area contributed by atoms with Crippen molar-refractivity contribution in [2.24, 2.45) is 0 Å². The van der Waals surface area contributed by atoms with Crippen LogP contribution in [0.5, 0.6) is 0 Å². The first-order valence-electron chi connectivity index (χ1n) is 7.56. The molecule has 2 rings (SSSR count). The maximum Gasteiger partial charge on any atom is 0.322 e. The monoisotopic (exact) mass is 289 g/mol. The zero-order valence-corrected chi connectivity index (χ0v) is 12.7. The molecule has 1 aromatic carbocycles. The Hall–Kier alpha value is -1.84. The number of aliphatic carboxylic acids is 1. The highest BCUT2D eigenvalue weighted by Crippen LogP contribution is 2.41. The third-order valence-electron chi connectivity index (χ3n) is 4.42. The minimum absolute atomic E-state index is 0.153. The Balaban J connectivity index is 2.25. The van der Waals surface area contributed by atoms with Crippen LogP contribution in [-0.4, -0.2) is 23.5 Å². The van der Waals surface area contributed by atoms with Gasteiger partial charge < -0.3 is 10.4 Å². The lowest BCUT2D eigenvalue weighted by molar-refractivity contribution is -0.138. The van der Waals surface area contributed by atoms with Crippen LogP contribution in [0.15, 0.2) is 24.3 Å². The molecule has 0 bridgehead atoms. The highest BCUT2D eigenvalue weighted by Gasteiger charge is 2.42. The average Bonchev–Trinajstić information content (AvgIpc) is 2.95. The molecule has 1 aromatic rings. The maximum atomic E-state index is 12.5. The Labute approximate surface area is 125 Å². The van der Waals surface area contributed by atoms with E-state index in [0.717, 1.165) is 31.2 Å². The van der Waals surface area contributed by atoms with Gasteiger partial charge in [0.25, 0.3) is 0 Å². The van der Waals surface area contributed by atoms with Crippen molar-refractivity contribution in [2.45, 2.75) is 50.9 Å². The molecule has 0 atom stereocenters. The summed E-state index contributed by atoms with van der Waals surface area (Å²) < 4.78 is 0. The van der Waals surface area contributed by atoms with Gasteiger partial charge in [-0.1, -0.05) is 51.0 Å². The number of carbonyl (C=O) groups is 2. The van der Waals surface area contributed by atoms with Gasteiger partial charge in [-0.2, -0.15) is 0 Å². The fraction of sp³-hybridized carbons (Fsp3) is 0.529. The number of carboxylic acid groups (broad SMARTS) is 1.